The monoisotopic (exact) mass is 369 g/mol. The average molecular weight is 370 g/mol. The van der Waals surface area contributed by atoms with Gasteiger partial charge in [-0.2, -0.15) is 0 Å². The zero-order chi connectivity index (χ0) is 14.4. The summed E-state index contributed by atoms with van der Waals surface area (Å²) in [5.74, 6) is 5.27. The van der Waals surface area contributed by atoms with Crippen LogP contribution >= 0.6 is 38.6 Å². The molecule has 2 aromatic heterocycles. The van der Waals surface area contributed by atoms with Crippen LogP contribution in [0.5, 0.6) is 0 Å². The van der Waals surface area contributed by atoms with E-state index in [1.165, 1.54) is 16.2 Å². The second-order valence-corrected chi connectivity index (χ2v) is 7.33. The zero-order valence-corrected chi connectivity index (χ0v) is 13.7. The van der Waals surface area contributed by atoms with Gasteiger partial charge >= 0.3 is 0 Å². The number of carbonyl (C=O) groups excluding carboxylic acids is 1. The lowest BCUT2D eigenvalue weighted by atomic mass is 10.2. The third-order valence-electron chi connectivity index (χ3n) is 2.44. The minimum absolute atomic E-state index is 0.0890. The standard InChI is InChI=1S/C14H12BrNO2S2/c15-13-4-3-11(20-13)5-6-16-14(18)10-8-12(19-9-10)2-1-7-17/h3-4,8-9,17H,5-7H2,(H,16,18). The highest BCUT2D eigenvalue weighted by atomic mass is 79.9. The number of amides is 1. The molecule has 0 saturated carbocycles. The van der Waals surface area contributed by atoms with E-state index in [9.17, 15) is 4.79 Å². The Labute approximate surface area is 133 Å². The molecule has 20 heavy (non-hydrogen) atoms. The first-order valence-corrected chi connectivity index (χ1v) is 8.38. The second kappa shape index (κ2) is 7.60. The second-order valence-electron chi connectivity index (χ2n) is 3.87. The molecule has 0 bridgehead atoms. The van der Waals surface area contributed by atoms with Gasteiger partial charge in [0, 0.05) is 16.8 Å². The fraction of sp³-hybridized carbons (Fsp3) is 0.214. The highest BCUT2D eigenvalue weighted by molar-refractivity contribution is 9.11. The molecule has 6 heteroatoms. The van der Waals surface area contributed by atoms with E-state index in [0.29, 0.717) is 12.1 Å². The predicted molar refractivity (Wildman–Crippen MR) is 86.3 cm³/mol. The van der Waals surface area contributed by atoms with E-state index in [0.717, 1.165) is 15.1 Å². The van der Waals surface area contributed by atoms with E-state index in [4.69, 9.17) is 5.11 Å². The number of hydrogen-bond donors (Lipinski definition) is 2. The van der Waals surface area contributed by atoms with Gasteiger partial charge in [-0.05, 0) is 40.5 Å². The average Bonchev–Trinajstić information content (AvgIpc) is 3.05. The van der Waals surface area contributed by atoms with Crippen molar-refractivity contribution in [3.05, 3.63) is 42.7 Å². The topological polar surface area (TPSA) is 49.3 Å². The van der Waals surface area contributed by atoms with Crippen LogP contribution in [0.15, 0.2) is 27.4 Å². The highest BCUT2D eigenvalue weighted by Gasteiger charge is 2.07. The summed E-state index contributed by atoms with van der Waals surface area (Å²) in [6, 6.07) is 5.80. The maximum Gasteiger partial charge on any atom is 0.252 e. The molecular weight excluding hydrogens is 358 g/mol. The van der Waals surface area contributed by atoms with Gasteiger partial charge in [0.15, 0.2) is 0 Å². The highest BCUT2D eigenvalue weighted by Crippen LogP contribution is 2.22. The molecule has 1 amide bonds. The number of carbonyl (C=O) groups is 1. The summed E-state index contributed by atoms with van der Waals surface area (Å²) < 4.78 is 1.10. The minimum atomic E-state index is -0.171. The van der Waals surface area contributed by atoms with Crippen molar-refractivity contribution in [2.45, 2.75) is 6.42 Å². The summed E-state index contributed by atoms with van der Waals surface area (Å²) in [6.07, 6.45) is 0.823. The largest absolute Gasteiger partial charge is 0.384 e. The smallest absolute Gasteiger partial charge is 0.252 e. The van der Waals surface area contributed by atoms with Gasteiger partial charge in [-0.15, -0.1) is 22.7 Å². The molecule has 0 saturated heterocycles. The Bertz CT molecular complexity index is 651. The predicted octanol–water partition coefficient (Wildman–Crippen LogP) is 2.89. The van der Waals surface area contributed by atoms with Crippen LogP contribution in [0, 0.1) is 11.8 Å². The third kappa shape index (κ3) is 4.46. The first-order valence-electron chi connectivity index (χ1n) is 5.89. The van der Waals surface area contributed by atoms with Crippen LogP contribution in [0.4, 0.5) is 0 Å². The van der Waals surface area contributed by atoms with Crippen LogP contribution in [0.1, 0.15) is 20.1 Å². The number of thiophene rings is 2. The fourth-order valence-electron chi connectivity index (χ4n) is 1.53. The number of rotatable bonds is 4. The van der Waals surface area contributed by atoms with Gasteiger partial charge in [0.2, 0.25) is 0 Å². The zero-order valence-electron chi connectivity index (χ0n) is 10.5. The Morgan fingerprint density at radius 3 is 3.00 bits per heavy atom. The summed E-state index contributed by atoms with van der Waals surface area (Å²) in [4.78, 5) is 13.9. The van der Waals surface area contributed by atoms with Crippen molar-refractivity contribution in [1.82, 2.24) is 5.32 Å². The SMILES string of the molecule is O=C(NCCc1ccc(Br)s1)c1csc(C#CCO)c1. The third-order valence-corrected chi connectivity index (χ3v) is 4.97. The first kappa shape index (κ1) is 15.3. The van der Waals surface area contributed by atoms with Crippen LogP contribution < -0.4 is 5.32 Å². The van der Waals surface area contributed by atoms with Crippen LogP contribution in [0.3, 0.4) is 0 Å². The van der Waals surface area contributed by atoms with E-state index in [1.807, 2.05) is 12.1 Å². The molecule has 2 rings (SSSR count). The summed E-state index contributed by atoms with van der Waals surface area (Å²) in [6.45, 7) is 0.440. The summed E-state index contributed by atoms with van der Waals surface area (Å²) >= 11 is 6.49. The van der Waals surface area contributed by atoms with E-state index in [2.05, 4.69) is 33.1 Å². The maximum absolute atomic E-state index is 11.9. The summed E-state index contributed by atoms with van der Waals surface area (Å²) in [5, 5.41) is 13.3. The van der Waals surface area contributed by atoms with Gasteiger partial charge < -0.3 is 10.4 Å². The van der Waals surface area contributed by atoms with Crippen LogP contribution in [-0.4, -0.2) is 24.2 Å². The Kier molecular flexibility index (Phi) is 5.80. The van der Waals surface area contributed by atoms with Crippen molar-refractivity contribution in [3.8, 4) is 11.8 Å². The number of halogens is 1. The van der Waals surface area contributed by atoms with Crippen molar-refractivity contribution in [1.29, 1.82) is 0 Å². The summed E-state index contributed by atoms with van der Waals surface area (Å²) in [5.41, 5.74) is 0.615. The van der Waals surface area contributed by atoms with Crippen molar-refractivity contribution < 1.29 is 9.90 Å². The minimum Gasteiger partial charge on any atom is -0.384 e. The van der Waals surface area contributed by atoms with Gasteiger partial charge in [-0.3, -0.25) is 4.79 Å². The molecule has 2 aromatic rings. The molecular formula is C14H12BrNO2S2. The molecule has 3 nitrogen and oxygen atoms in total. The molecule has 2 heterocycles. The van der Waals surface area contributed by atoms with E-state index >= 15 is 0 Å². The van der Waals surface area contributed by atoms with Crippen LogP contribution in [0.2, 0.25) is 0 Å². The molecule has 0 spiro atoms. The summed E-state index contributed by atoms with van der Waals surface area (Å²) in [7, 11) is 0. The molecule has 2 N–H and O–H groups in total. The van der Waals surface area contributed by atoms with E-state index < -0.39 is 0 Å². The molecule has 0 atom stereocenters. The molecule has 0 aliphatic rings. The van der Waals surface area contributed by atoms with Crippen LogP contribution in [0.25, 0.3) is 0 Å². The molecule has 0 aliphatic heterocycles. The lowest BCUT2D eigenvalue weighted by molar-refractivity contribution is 0.0954. The molecule has 0 aromatic carbocycles. The number of aliphatic hydroxyl groups is 1. The van der Waals surface area contributed by atoms with Gasteiger partial charge in [-0.25, -0.2) is 0 Å². The van der Waals surface area contributed by atoms with Crippen LogP contribution in [-0.2, 0) is 6.42 Å². The Balaban J connectivity index is 1.84. The lowest BCUT2D eigenvalue weighted by Gasteiger charge is -2.01. The van der Waals surface area contributed by atoms with E-state index in [-0.39, 0.29) is 12.5 Å². The quantitative estimate of drug-likeness (QED) is 0.814. The number of nitrogens with one attached hydrogen (secondary N) is 1. The Morgan fingerprint density at radius 1 is 1.45 bits per heavy atom. The Morgan fingerprint density at radius 2 is 2.30 bits per heavy atom. The fourth-order valence-corrected chi connectivity index (χ4v) is 3.77. The lowest BCUT2D eigenvalue weighted by Crippen LogP contribution is -2.24. The van der Waals surface area contributed by atoms with Gasteiger partial charge in [0.25, 0.3) is 5.91 Å². The van der Waals surface area contributed by atoms with Gasteiger partial charge in [0.1, 0.15) is 6.61 Å². The number of aliphatic hydroxyl groups excluding tert-OH is 1. The molecule has 0 radical (unpaired) electrons. The Hall–Kier alpha value is -1.13. The van der Waals surface area contributed by atoms with Gasteiger partial charge in [-0.1, -0.05) is 11.8 Å². The normalized spacial score (nSPS) is 9.90. The van der Waals surface area contributed by atoms with Crippen molar-refractivity contribution in [2.24, 2.45) is 0 Å². The molecule has 104 valence electrons. The van der Waals surface area contributed by atoms with Crippen molar-refractivity contribution in [2.75, 3.05) is 13.2 Å². The first-order chi connectivity index (χ1) is 9.69. The molecule has 0 fully saturated rings. The maximum atomic E-state index is 11.9. The van der Waals surface area contributed by atoms with Gasteiger partial charge in [0.05, 0.1) is 14.2 Å². The van der Waals surface area contributed by atoms with Crippen molar-refractivity contribution in [3.63, 3.8) is 0 Å². The molecule has 0 aliphatic carbocycles. The van der Waals surface area contributed by atoms with E-state index in [1.54, 1.807) is 22.8 Å². The number of hydrogen-bond acceptors (Lipinski definition) is 4. The molecule has 0 unspecified atom stereocenters. The van der Waals surface area contributed by atoms with Crippen molar-refractivity contribution >= 4 is 44.5 Å².